The van der Waals surface area contributed by atoms with Crippen molar-refractivity contribution in [2.24, 2.45) is 5.73 Å². The molecule has 0 aliphatic heterocycles. The van der Waals surface area contributed by atoms with Crippen molar-refractivity contribution in [1.82, 2.24) is 15.5 Å². The maximum atomic E-state index is 11.5. The number of hydrogen-bond donors (Lipinski definition) is 2. The monoisotopic (exact) mass is 240 g/mol. The standard InChI is InChI=1S/C10H16N4OS/c1-16-6-4-9(11)10(15)12-7-8-3-2-5-13-14-8/h2-3,5,9H,4,6-7,11H2,1H3,(H,12,15)/t9-/m1/s1. The Kier molecular flexibility index (Phi) is 5.81. The Bertz CT molecular complexity index is 320. The molecule has 5 nitrogen and oxygen atoms in total. The number of nitrogens with zero attached hydrogens (tertiary/aromatic N) is 2. The summed E-state index contributed by atoms with van der Waals surface area (Å²) in [4.78, 5) is 11.5. The van der Waals surface area contributed by atoms with Crippen LogP contribution < -0.4 is 11.1 Å². The second-order valence-electron chi connectivity index (χ2n) is 3.32. The highest BCUT2D eigenvalue weighted by atomic mass is 32.2. The molecule has 1 rings (SSSR count). The van der Waals surface area contributed by atoms with Crippen LogP contribution >= 0.6 is 11.8 Å². The summed E-state index contributed by atoms with van der Waals surface area (Å²) in [6.45, 7) is 0.375. The van der Waals surface area contributed by atoms with E-state index in [2.05, 4.69) is 15.5 Å². The number of hydrogen-bond acceptors (Lipinski definition) is 5. The summed E-state index contributed by atoms with van der Waals surface area (Å²) in [5.74, 6) is 0.749. The molecule has 0 aliphatic carbocycles. The predicted octanol–water partition coefficient (Wildman–Crippen LogP) is 0.173. The maximum Gasteiger partial charge on any atom is 0.237 e. The van der Waals surface area contributed by atoms with Crippen LogP contribution in [0.3, 0.4) is 0 Å². The van der Waals surface area contributed by atoms with Crippen molar-refractivity contribution in [2.45, 2.75) is 19.0 Å². The van der Waals surface area contributed by atoms with Gasteiger partial charge in [-0.2, -0.15) is 22.0 Å². The Morgan fingerprint density at radius 2 is 2.50 bits per heavy atom. The molecule has 1 amide bonds. The van der Waals surface area contributed by atoms with Gasteiger partial charge in [-0.25, -0.2) is 0 Å². The van der Waals surface area contributed by atoms with Crippen molar-refractivity contribution in [3.8, 4) is 0 Å². The summed E-state index contributed by atoms with van der Waals surface area (Å²) in [7, 11) is 0. The molecule has 1 heterocycles. The van der Waals surface area contributed by atoms with Gasteiger partial charge in [0.15, 0.2) is 0 Å². The number of aromatic nitrogens is 2. The van der Waals surface area contributed by atoms with Crippen LogP contribution in [0.4, 0.5) is 0 Å². The van der Waals surface area contributed by atoms with E-state index in [9.17, 15) is 4.79 Å². The SMILES string of the molecule is CSCC[C@@H](N)C(=O)NCc1cccnn1. The van der Waals surface area contributed by atoms with Crippen LogP contribution in [0.5, 0.6) is 0 Å². The average molecular weight is 240 g/mol. The largest absolute Gasteiger partial charge is 0.349 e. The Balaban J connectivity index is 2.29. The third-order valence-electron chi connectivity index (χ3n) is 2.04. The lowest BCUT2D eigenvalue weighted by molar-refractivity contribution is -0.122. The summed E-state index contributed by atoms with van der Waals surface area (Å²) in [6, 6.07) is 3.15. The molecule has 16 heavy (non-hydrogen) atoms. The van der Waals surface area contributed by atoms with E-state index in [1.807, 2.05) is 6.26 Å². The average Bonchev–Trinajstić information content (AvgIpc) is 2.34. The number of nitrogens with two attached hydrogens (primary N) is 1. The summed E-state index contributed by atoms with van der Waals surface area (Å²) in [5.41, 5.74) is 6.44. The van der Waals surface area contributed by atoms with Crippen LogP contribution in [0.25, 0.3) is 0 Å². The second-order valence-corrected chi connectivity index (χ2v) is 4.31. The third kappa shape index (κ3) is 4.59. The molecular weight excluding hydrogens is 224 g/mol. The molecular formula is C10H16N4OS. The van der Waals surface area contributed by atoms with Gasteiger partial charge in [0.2, 0.25) is 5.91 Å². The number of carbonyl (C=O) groups is 1. The minimum absolute atomic E-state index is 0.139. The summed E-state index contributed by atoms with van der Waals surface area (Å²) >= 11 is 1.68. The first-order valence-electron chi connectivity index (χ1n) is 5.03. The van der Waals surface area contributed by atoms with Gasteiger partial charge in [0.05, 0.1) is 18.3 Å². The highest BCUT2D eigenvalue weighted by Gasteiger charge is 2.12. The molecule has 3 N–H and O–H groups in total. The molecule has 0 radical (unpaired) electrons. The predicted molar refractivity (Wildman–Crippen MR) is 64.9 cm³/mol. The van der Waals surface area contributed by atoms with Crippen molar-refractivity contribution < 1.29 is 4.79 Å². The summed E-state index contributed by atoms with van der Waals surface area (Å²) in [5, 5.41) is 10.3. The van der Waals surface area contributed by atoms with Crippen molar-refractivity contribution in [3.63, 3.8) is 0 Å². The first-order chi connectivity index (χ1) is 7.74. The van der Waals surface area contributed by atoms with Gasteiger partial charge in [0, 0.05) is 6.20 Å². The van der Waals surface area contributed by atoms with Crippen LogP contribution in [-0.4, -0.2) is 34.2 Å². The normalized spacial score (nSPS) is 12.1. The Morgan fingerprint density at radius 3 is 3.12 bits per heavy atom. The van der Waals surface area contributed by atoms with E-state index < -0.39 is 6.04 Å². The molecule has 6 heteroatoms. The fraction of sp³-hybridized carbons (Fsp3) is 0.500. The van der Waals surface area contributed by atoms with E-state index in [1.54, 1.807) is 30.1 Å². The molecule has 88 valence electrons. The molecule has 0 aliphatic rings. The number of rotatable bonds is 6. The fourth-order valence-corrected chi connectivity index (χ4v) is 1.60. The molecule has 0 spiro atoms. The van der Waals surface area contributed by atoms with Gasteiger partial charge in [0.25, 0.3) is 0 Å². The second kappa shape index (κ2) is 7.19. The van der Waals surface area contributed by atoms with E-state index in [4.69, 9.17) is 5.73 Å². The van der Waals surface area contributed by atoms with E-state index in [0.29, 0.717) is 13.0 Å². The maximum absolute atomic E-state index is 11.5. The molecule has 0 aromatic carbocycles. The molecule has 1 atom stereocenters. The van der Waals surface area contributed by atoms with Crippen molar-refractivity contribution >= 4 is 17.7 Å². The molecule has 0 saturated carbocycles. The van der Waals surface area contributed by atoms with E-state index in [1.165, 1.54) is 0 Å². The summed E-state index contributed by atoms with van der Waals surface area (Å²) in [6.07, 6.45) is 4.27. The Labute approximate surface area is 99.2 Å². The van der Waals surface area contributed by atoms with Crippen LogP contribution in [0.15, 0.2) is 18.3 Å². The van der Waals surface area contributed by atoms with Crippen LogP contribution in [0.1, 0.15) is 12.1 Å². The van der Waals surface area contributed by atoms with Crippen LogP contribution in [-0.2, 0) is 11.3 Å². The van der Waals surface area contributed by atoms with E-state index in [0.717, 1.165) is 11.4 Å². The van der Waals surface area contributed by atoms with Gasteiger partial charge in [-0.1, -0.05) is 0 Å². The van der Waals surface area contributed by atoms with Crippen molar-refractivity contribution in [2.75, 3.05) is 12.0 Å². The topological polar surface area (TPSA) is 80.9 Å². The number of thioether (sulfide) groups is 1. The van der Waals surface area contributed by atoms with Gasteiger partial charge >= 0.3 is 0 Å². The number of amides is 1. The zero-order valence-electron chi connectivity index (χ0n) is 9.22. The molecule has 0 bridgehead atoms. The lowest BCUT2D eigenvalue weighted by Gasteiger charge is -2.10. The number of nitrogens with one attached hydrogen (secondary N) is 1. The van der Waals surface area contributed by atoms with Gasteiger partial charge in [-0.15, -0.1) is 0 Å². The molecule has 0 unspecified atom stereocenters. The zero-order valence-corrected chi connectivity index (χ0v) is 10.0. The van der Waals surface area contributed by atoms with Gasteiger partial charge < -0.3 is 11.1 Å². The Morgan fingerprint density at radius 1 is 1.69 bits per heavy atom. The van der Waals surface area contributed by atoms with E-state index >= 15 is 0 Å². The van der Waals surface area contributed by atoms with Gasteiger partial charge in [-0.3, -0.25) is 4.79 Å². The Hall–Kier alpha value is -1.14. The van der Waals surface area contributed by atoms with E-state index in [-0.39, 0.29) is 5.91 Å². The lowest BCUT2D eigenvalue weighted by Crippen LogP contribution is -2.40. The third-order valence-corrected chi connectivity index (χ3v) is 2.68. The lowest BCUT2D eigenvalue weighted by atomic mass is 10.2. The minimum atomic E-state index is -0.441. The minimum Gasteiger partial charge on any atom is -0.349 e. The fourth-order valence-electron chi connectivity index (χ4n) is 1.11. The summed E-state index contributed by atoms with van der Waals surface area (Å²) < 4.78 is 0. The molecule has 1 aromatic heterocycles. The van der Waals surface area contributed by atoms with Crippen LogP contribution in [0, 0.1) is 0 Å². The highest BCUT2D eigenvalue weighted by molar-refractivity contribution is 7.98. The highest BCUT2D eigenvalue weighted by Crippen LogP contribution is 1.99. The van der Waals surface area contributed by atoms with Crippen molar-refractivity contribution in [1.29, 1.82) is 0 Å². The van der Waals surface area contributed by atoms with Crippen molar-refractivity contribution in [3.05, 3.63) is 24.0 Å². The van der Waals surface area contributed by atoms with Gasteiger partial charge in [0.1, 0.15) is 0 Å². The smallest absolute Gasteiger partial charge is 0.237 e. The zero-order chi connectivity index (χ0) is 11.8. The molecule has 0 fully saturated rings. The quantitative estimate of drug-likeness (QED) is 0.741. The number of carbonyl (C=O) groups excluding carboxylic acids is 1. The first-order valence-corrected chi connectivity index (χ1v) is 6.42. The van der Waals surface area contributed by atoms with Gasteiger partial charge in [-0.05, 0) is 30.6 Å². The first kappa shape index (κ1) is 12.9. The molecule has 0 saturated heterocycles. The van der Waals surface area contributed by atoms with Crippen LogP contribution in [0.2, 0.25) is 0 Å². The molecule has 1 aromatic rings.